The molecular formula is C9H9NO3S. The van der Waals surface area contributed by atoms with E-state index in [1.54, 1.807) is 6.07 Å². The molecule has 0 saturated carbocycles. The molecule has 0 aliphatic carbocycles. The van der Waals surface area contributed by atoms with Crippen LogP contribution in [0.3, 0.4) is 0 Å². The Morgan fingerprint density at radius 1 is 1.64 bits per heavy atom. The zero-order valence-corrected chi connectivity index (χ0v) is 8.47. The quantitative estimate of drug-likeness (QED) is 0.430. The number of carbonyl (C=O) groups excluding carboxylic acids is 2. The smallest absolute Gasteiger partial charge is 0.348 e. The van der Waals surface area contributed by atoms with Crippen LogP contribution in [0.4, 0.5) is 0 Å². The van der Waals surface area contributed by atoms with Gasteiger partial charge in [0.25, 0.3) is 0 Å². The number of carbonyl (C=O) groups is 1. The van der Waals surface area contributed by atoms with Crippen molar-refractivity contribution in [3.63, 3.8) is 0 Å². The van der Waals surface area contributed by atoms with Crippen LogP contribution in [0.25, 0.3) is 0 Å². The van der Waals surface area contributed by atoms with Crippen LogP contribution >= 0.6 is 11.3 Å². The van der Waals surface area contributed by atoms with Gasteiger partial charge in [0.2, 0.25) is 6.08 Å². The van der Waals surface area contributed by atoms with Crippen molar-refractivity contribution in [3.8, 4) is 0 Å². The van der Waals surface area contributed by atoms with Gasteiger partial charge in [0, 0.05) is 11.3 Å². The van der Waals surface area contributed by atoms with Crippen molar-refractivity contribution in [2.45, 2.75) is 6.42 Å². The Morgan fingerprint density at radius 3 is 3.07 bits per heavy atom. The lowest BCUT2D eigenvalue weighted by molar-refractivity contribution is 0.0606. The highest BCUT2D eigenvalue weighted by Crippen LogP contribution is 2.17. The lowest BCUT2D eigenvalue weighted by Crippen LogP contribution is -1.96. The predicted molar refractivity (Wildman–Crippen MR) is 52.4 cm³/mol. The molecule has 0 N–H and O–H groups in total. The molecule has 14 heavy (non-hydrogen) atoms. The number of esters is 1. The van der Waals surface area contributed by atoms with Gasteiger partial charge >= 0.3 is 5.97 Å². The number of ether oxygens (including phenoxy) is 1. The van der Waals surface area contributed by atoms with Crippen LogP contribution in [0.2, 0.25) is 0 Å². The van der Waals surface area contributed by atoms with Gasteiger partial charge in [-0.1, -0.05) is 0 Å². The van der Waals surface area contributed by atoms with Gasteiger partial charge in [-0.3, -0.25) is 0 Å². The molecule has 0 aliphatic heterocycles. The van der Waals surface area contributed by atoms with Crippen LogP contribution in [0, 0.1) is 0 Å². The van der Waals surface area contributed by atoms with E-state index in [1.165, 1.54) is 24.5 Å². The number of hydrogen-bond donors (Lipinski definition) is 0. The SMILES string of the molecule is COC(=O)c1ccc(CCN=C=O)s1. The highest BCUT2D eigenvalue weighted by atomic mass is 32.1. The van der Waals surface area contributed by atoms with Crippen LogP contribution in [-0.4, -0.2) is 25.7 Å². The van der Waals surface area contributed by atoms with Gasteiger partial charge in [-0.15, -0.1) is 11.3 Å². The third-order valence-corrected chi connectivity index (χ3v) is 2.71. The molecular weight excluding hydrogens is 202 g/mol. The van der Waals surface area contributed by atoms with Crippen molar-refractivity contribution >= 4 is 23.4 Å². The zero-order valence-electron chi connectivity index (χ0n) is 7.65. The highest BCUT2D eigenvalue weighted by molar-refractivity contribution is 7.13. The molecule has 0 radical (unpaired) electrons. The largest absolute Gasteiger partial charge is 0.465 e. The van der Waals surface area contributed by atoms with E-state index >= 15 is 0 Å². The van der Waals surface area contributed by atoms with E-state index in [1.807, 2.05) is 6.07 Å². The molecule has 0 spiro atoms. The van der Waals surface area contributed by atoms with Crippen LogP contribution in [0.5, 0.6) is 0 Å². The number of hydrogen-bond acceptors (Lipinski definition) is 5. The molecule has 0 aromatic carbocycles. The lowest BCUT2D eigenvalue weighted by atomic mass is 10.3. The second-order valence-corrected chi connectivity index (χ2v) is 3.65. The molecule has 0 aliphatic rings. The highest BCUT2D eigenvalue weighted by Gasteiger charge is 2.08. The average molecular weight is 211 g/mol. The first-order valence-electron chi connectivity index (χ1n) is 3.98. The van der Waals surface area contributed by atoms with Gasteiger partial charge in [-0.25, -0.2) is 14.6 Å². The summed E-state index contributed by atoms with van der Waals surface area (Å²) in [6, 6.07) is 3.54. The average Bonchev–Trinajstić information content (AvgIpc) is 2.66. The number of thiophene rings is 1. The molecule has 1 aromatic rings. The van der Waals surface area contributed by atoms with Crippen LogP contribution in [0.1, 0.15) is 14.5 Å². The van der Waals surface area contributed by atoms with Crippen LogP contribution < -0.4 is 0 Å². The van der Waals surface area contributed by atoms with Crippen molar-refractivity contribution < 1.29 is 14.3 Å². The number of isocyanates is 1. The molecule has 1 aromatic heterocycles. The van der Waals surface area contributed by atoms with E-state index in [4.69, 9.17) is 0 Å². The molecule has 0 fully saturated rings. The third-order valence-electron chi connectivity index (χ3n) is 1.58. The van der Waals surface area contributed by atoms with Gasteiger partial charge in [0.15, 0.2) is 0 Å². The number of methoxy groups -OCH3 is 1. The number of nitrogens with zero attached hydrogens (tertiary/aromatic N) is 1. The molecule has 0 bridgehead atoms. The van der Waals surface area contributed by atoms with Gasteiger partial charge < -0.3 is 4.74 Å². The fourth-order valence-electron chi connectivity index (χ4n) is 0.934. The molecule has 0 saturated heterocycles. The Hall–Kier alpha value is -1.45. The Balaban J connectivity index is 2.59. The topological polar surface area (TPSA) is 55.7 Å². The second kappa shape index (κ2) is 5.32. The van der Waals surface area contributed by atoms with Gasteiger partial charge in [-0.05, 0) is 12.1 Å². The molecule has 4 nitrogen and oxygen atoms in total. The third kappa shape index (κ3) is 2.80. The first-order valence-corrected chi connectivity index (χ1v) is 4.80. The summed E-state index contributed by atoms with van der Waals surface area (Å²) in [4.78, 5) is 25.8. The van der Waals surface area contributed by atoms with Gasteiger partial charge in [0.05, 0.1) is 13.7 Å². The zero-order chi connectivity index (χ0) is 10.4. The van der Waals surface area contributed by atoms with Crippen molar-refractivity contribution in [2.24, 2.45) is 4.99 Å². The summed E-state index contributed by atoms with van der Waals surface area (Å²) in [5, 5.41) is 0. The molecule has 5 heteroatoms. The number of aliphatic imine (C=N–C) groups is 1. The van der Waals surface area contributed by atoms with Crippen LogP contribution in [0.15, 0.2) is 17.1 Å². The summed E-state index contributed by atoms with van der Waals surface area (Å²) in [6.07, 6.45) is 2.12. The van der Waals surface area contributed by atoms with E-state index < -0.39 is 0 Å². The molecule has 1 rings (SSSR count). The van der Waals surface area contributed by atoms with Crippen LogP contribution in [-0.2, 0) is 16.0 Å². The predicted octanol–water partition coefficient (Wildman–Crippen LogP) is 1.41. The minimum absolute atomic E-state index is 0.333. The Kier molecular flexibility index (Phi) is 4.04. The van der Waals surface area contributed by atoms with Gasteiger partial charge in [0.1, 0.15) is 4.88 Å². The first kappa shape index (κ1) is 10.6. The maximum atomic E-state index is 11.1. The molecule has 0 unspecified atom stereocenters. The van der Waals surface area contributed by atoms with Crippen molar-refractivity contribution in [1.82, 2.24) is 0 Å². The second-order valence-electron chi connectivity index (χ2n) is 2.48. The monoisotopic (exact) mass is 211 g/mol. The minimum atomic E-state index is -0.333. The fraction of sp³-hybridized carbons (Fsp3) is 0.333. The van der Waals surface area contributed by atoms with Crippen molar-refractivity contribution in [3.05, 3.63) is 21.9 Å². The summed E-state index contributed by atoms with van der Waals surface area (Å²) >= 11 is 1.35. The minimum Gasteiger partial charge on any atom is -0.465 e. The van der Waals surface area contributed by atoms with Crippen molar-refractivity contribution in [2.75, 3.05) is 13.7 Å². The van der Waals surface area contributed by atoms with E-state index in [0.717, 1.165) is 4.88 Å². The summed E-state index contributed by atoms with van der Waals surface area (Å²) in [5.74, 6) is -0.333. The fourth-order valence-corrected chi connectivity index (χ4v) is 1.85. The standard InChI is InChI=1S/C9H9NO3S/c1-13-9(12)8-3-2-7(14-8)4-5-10-6-11/h2-3H,4-5H2,1H3. The summed E-state index contributed by atoms with van der Waals surface area (Å²) in [7, 11) is 1.35. The Morgan fingerprint density at radius 2 is 2.43 bits per heavy atom. The first-order chi connectivity index (χ1) is 6.77. The maximum Gasteiger partial charge on any atom is 0.348 e. The summed E-state index contributed by atoms with van der Waals surface area (Å²) in [5.41, 5.74) is 0. The summed E-state index contributed by atoms with van der Waals surface area (Å²) in [6.45, 7) is 0.407. The number of rotatable bonds is 4. The molecule has 0 amide bonds. The lowest BCUT2D eigenvalue weighted by Gasteiger charge is -1.92. The Bertz CT molecular complexity index is 366. The van der Waals surface area contributed by atoms with Crippen molar-refractivity contribution in [1.29, 1.82) is 0 Å². The van der Waals surface area contributed by atoms with E-state index in [9.17, 15) is 9.59 Å². The van der Waals surface area contributed by atoms with E-state index in [2.05, 4.69) is 9.73 Å². The Labute approximate surface area is 85.2 Å². The normalized spacial score (nSPS) is 9.21. The molecule has 74 valence electrons. The van der Waals surface area contributed by atoms with Gasteiger partial charge in [-0.2, -0.15) is 0 Å². The maximum absolute atomic E-state index is 11.1. The molecule has 1 heterocycles. The van der Waals surface area contributed by atoms with E-state index in [-0.39, 0.29) is 5.97 Å². The molecule has 0 atom stereocenters. The summed E-state index contributed by atoms with van der Waals surface area (Å²) < 4.78 is 4.56. The van der Waals surface area contributed by atoms with E-state index in [0.29, 0.717) is 17.8 Å².